The third-order valence-electron chi connectivity index (χ3n) is 3.58. The molecule has 0 atom stereocenters. The van der Waals surface area contributed by atoms with Gasteiger partial charge in [0.1, 0.15) is 0 Å². The van der Waals surface area contributed by atoms with Crippen molar-refractivity contribution in [1.29, 1.82) is 0 Å². The number of carbonyl (C=O) groups excluding carboxylic acids is 2. The van der Waals surface area contributed by atoms with Crippen molar-refractivity contribution >= 4 is 11.8 Å². The molecule has 1 aliphatic carbocycles. The highest BCUT2D eigenvalue weighted by atomic mass is 16.2. The molecule has 1 heterocycles. The van der Waals surface area contributed by atoms with Crippen molar-refractivity contribution in [1.82, 2.24) is 9.80 Å². The minimum absolute atomic E-state index is 0.0111. The van der Waals surface area contributed by atoms with Gasteiger partial charge in [-0.1, -0.05) is 13.8 Å². The fraction of sp³-hybridized carbons (Fsp3) is 0.833. The van der Waals surface area contributed by atoms with E-state index in [0.29, 0.717) is 12.6 Å². The van der Waals surface area contributed by atoms with E-state index in [1.165, 1.54) is 6.42 Å². The Labute approximate surface area is 96.6 Å². The Morgan fingerprint density at radius 2 is 2.00 bits per heavy atom. The Morgan fingerprint density at radius 1 is 1.31 bits per heavy atom. The van der Waals surface area contributed by atoms with E-state index in [-0.39, 0.29) is 24.3 Å². The first-order valence-electron chi connectivity index (χ1n) is 6.18. The van der Waals surface area contributed by atoms with Crippen molar-refractivity contribution in [2.75, 3.05) is 19.6 Å². The third-order valence-corrected chi connectivity index (χ3v) is 3.58. The van der Waals surface area contributed by atoms with Gasteiger partial charge >= 0.3 is 0 Å². The topological polar surface area (TPSA) is 40.6 Å². The summed E-state index contributed by atoms with van der Waals surface area (Å²) in [6, 6.07) is 0.462. The molecular weight excluding hydrogens is 204 g/mol. The Kier molecular flexibility index (Phi) is 3.17. The van der Waals surface area contributed by atoms with Crippen LogP contribution in [-0.2, 0) is 9.59 Å². The van der Waals surface area contributed by atoms with Crippen LogP contribution in [0.25, 0.3) is 0 Å². The van der Waals surface area contributed by atoms with Crippen LogP contribution in [0.3, 0.4) is 0 Å². The number of piperazine rings is 1. The molecule has 0 N–H and O–H groups in total. The summed E-state index contributed by atoms with van der Waals surface area (Å²) >= 11 is 0. The standard InChI is InChI=1S/C12H20N2O2/c1-9(2)12(16)13-6-7-14(11(15)8-13)10-4-3-5-10/h9-10H,3-8H2,1-2H3. The molecule has 2 rings (SSSR count). The Hall–Kier alpha value is -1.06. The molecule has 4 heteroatoms. The fourth-order valence-corrected chi connectivity index (χ4v) is 2.32. The number of carbonyl (C=O) groups is 2. The molecule has 4 nitrogen and oxygen atoms in total. The molecular formula is C12H20N2O2. The average molecular weight is 224 g/mol. The van der Waals surface area contributed by atoms with Crippen molar-refractivity contribution in [2.45, 2.75) is 39.2 Å². The predicted octanol–water partition coefficient (Wildman–Crippen LogP) is 0.866. The van der Waals surface area contributed by atoms with E-state index >= 15 is 0 Å². The lowest BCUT2D eigenvalue weighted by Gasteiger charge is -2.43. The molecule has 1 saturated heterocycles. The summed E-state index contributed by atoms with van der Waals surface area (Å²) < 4.78 is 0. The predicted molar refractivity (Wildman–Crippen MR) is 60.8 cm³/mol. The van der Waals surface area contributed by atoms with Gasteiger partial charge in [-0.15, -0.1) is 0 Å². The maximum absolute atomic E-state index is 11.9. The molecule has 0 unspecified atom stereocenters. The maximum atomic E-state index is 11.9. The minimum Gasteiger partial charge on any atom is -0.336 e. The summed E-state index contributed by atoms with van der Waals surface area (Å²) in [6.45, 7) is 5.48. The zero-order valence-corrected chi connectivity index (χ0v) is 10.1. The maximum Gasteiger partial charge on any atom is 0.242 e. The van der Waals surface area contributed by atoms with Crippen LogP contribution < -0.4 is 0 Å². The van der Waals surface area contributed by atoms with Gasteiger partial charge in [0.05, 0.1) is 6.54 Å². The van der Waals surface area contributed by atoms with Gasteiger partial charge in [-0.05, 0) is 19.3 Å². The van der Waals surface area contributed by atoms with Crippen LogP contribution in [0.15, 0.2) is 0 Å². The molecule has 0 aromatic heterocycles. The smallest absolute Gasteiger partial charge is 0.242 e. The summed E-state index contributed by atoms with van der Waals surface area (Å²) in [5.74, 6) is 0.217. The Bertz CT molecular complexity index is 297. The summed E-state index contributed by atoms with van der Waals surface area (Å²) in [4.78, 5) is 27.3. The summed E-state index contributed by atoms with van der Waals surface area (Å²) in [7, 11) is 0. The van der Waals surface area contributed by atoms with Gasteiger partial charge in [0.25, 0.3) is 0 Å². The second kappa shape index (κ2) is 4.44. The van der Waals surface area contributed by atoms with Crippen LogP contribution >= 0.6 is 0 Å². The quantitative estimate of drug-likeness (QED) is 0.698. The number of rotatable bonds is 2. The van der Waals surface area contributed by atoms with Crippen molar-refractivity contribution in [3.63, 3.8) is 0 Å². The van der Waals surface area contributed by atoms with E-state index in [0.717, 1.165) is 19.4 Å². The first-order chi connectivity index (χ1) is 7.59. The lowest BCUT2D eigenvalue weighted by atomic mass is 9.91. The molecule has 0 spiro atoms. The van der Waals surface area contributed by atoms with Crippen LogP contribution in [0.1, 0.15) is 33.1 Å². The fourth-order valence-electron chi connectivity index (χ4n) is 2.32. The van der Waals surface area contributed by atoms with Gasteiger partial charge in [-0.2, -0.15) is 0 Å². The van der Waals surface area contributed by atoms with E-state index in [1.807, 2.05) is 18.7 Å². The molecule has 0 aromatic carbocycles. The van der Waals surface area contributed by atoms with Gasteiger partial charge in [0.2, 0.25) is 11.8 Å². The van der Waals surface area contributed by atoms with E-state index in [4.69, 9.17) is 0 Å². The van der Waals surface area contributed by atoms with Crippen molar-refractivity contribution in [3.8, 4) is 0 Å². The van der Waals surface area contributed by atoms with Gasteiger partial charge < -0.3 is 9.80 Å². The summed E-state index contributed by atoms with van der Waals surface area (Å²) in [5.41, 5.74) is 0. The summed E-state index contributed by atoms with van der Waals surface area (Å²) in [6.07, 6.45) is 3.52. The molecule has 90 valence electrons. The Balaban J connectivity index is 1.91. The van der Waals surface area contributed by atoms with Crippen molar-refractivity contribution in [3.05, 3.63) is 0 Å². The molecule has 0 aromatic rings. The second-order valence-electron chi connectivity index (χ2n) is 5.09. The lowest BCUT2D eigenvalue weighted by molar-refractivity contribution is -0.150. The molecule has 1 saturated carbocycles. The van der Waals surface area contributed by atoms with Gasteiger partial charge in [0.15, 0.2) is 0 Å². The van der Waals surface area contributed by atoms with Crippen molar-refractivity contribution in [2.24, 2.45) is 5.92 Å². The first kappa shape index (κ1) is 11.4. The molecule has 0 bridgehead atoms. The molecule has 0 radical (unpaired) electrons. The second-order valence-corrected chi connectivity index (χ2v) is 5.09. The molecule has 2 aliphatic rings. The molecule has 2 fully saturated rings. The zero-order chi connectivity index (χ0) is 11.7. The number of hydrogen-bond donors (Lipinski definition) is 0. The van der Waals surface area contributed by atoms with E-state index < -0.39 is 0 Å². The van der Waals surface area contributed by atoms with E-state index in [9.17, 15) is 9.59 Å². The highest BCUT2D eigenvalue weighted by molar-refractivity contribution is 5.87. The molecule has 1 aliphatic heterocycles. The SMILES string of the molecule is CC(C)C(=O)N1CCN(C2CCC2)C(=O)C1. The highest BCUT2D eigenvalue weighted by Crippen LogP contribution is 2.26. The van der Waals surface area contributed by atoms with Crippen LogP contribution in [0.4, 0.5) is 0 Å². The number of hydrogen-bond acceptors (Lipinski definition) is 2. The molecule has 2 amide bonds. The average Bonchev–Trinajstić information content (AvgIpc) is 2.17. The van der Waals surface area contributed by atoms with Gasteiger partial charge in [0, 0.05) is 25.0 Å². The van der Waals surface area contributed by atoms with Crippen LogP contribution in [0.2, 0.25) is 0 Å². The number of nitrogens with zero attached hydrogens (tertiary/aromatic N) is 2. The van der Waals surface area contributed by atoms with Gasteiger partial charge in [-0.25, -0.2) is 0 Å². The number of amides is 2. The first-order valence-corrected chi connectivity index (χ1v) is 6.18. The normalized spacial score (nSPS) is 22.6. The van der Waals surface area contributed by atoms with E-state index in [2.05, 4.69) is 0 Å². The highest BCUT2D eigenvalue weighted by Gasteiger charge is 2.34. The monoisotopic (exact) mass is 224 g/mol. The minimum atomic E-state index is -0.0111. The van der Waals surface area contributed by atoms with E-state index in [1.54, 1.807) is 4.90 Å². The van der Waals surface area contributed by atoms with Crippen molar-refractivity contribution < 1.29 is 9.59 Å². The summed E-state index contributed by atoms with van der Waals surface area (Å²) in [5, 5.41) is 0. The Morgan fingerprint density at radius 3 is 2.44 bits per heavy atom. The van der Waals surface area contributed by atoms with Gasteiger partial charge in [-0.3, -0.25) is 9.59 Å². The molecule has 16 heavy (non-hydrogen) atoms. The van der Waals surface area contributed by atoms with Crippen LogP contribution in [0, 0.1) is 5.92 Å². The lowest BCUT2D eigenvalue weighted by Crippen LogP contribution is -2.57. The van der Waals surface area contributed by atoms with Crippen LogP contribution in [0.5, 0.6) is 0 Å². The largest absolute Gasteiger partial charge is 0.336 e. The van der Waals surface area contributed by atoms with Crippen LogP contribution in [-0.4, -0.2) is 47.3 Å². The zero-order valence-electron chi connectivity index (χ0n) is 10.1. The third kappa shape index (κ3) is 2.06.